The third-order valence-corrected chi connectivity index (χ3v) is 3.93. The predicted octanol–water partition coefficient (Wildman–Crippen LogP) is 1.26. The highest BCUT2D eigenvalue weighted by atomic mass is 16.2. The van der Waals surface area contributed by atoms with E-state index in [1.807, 2.05) is 13.8 Å². The monoisotopic (exact) mass is 298 g/mol. The van der Waals surface area contributed by atoms with Gasteiger partial charge in [0.05, 0.1) is 22.4 Å². The van der Waals surface area contributed by atoms with Gasteiger partial charge in [-0.2, -0.15) is 0 Å². The van der Waals surface area contributed by atoms with Gasteiger partial charge in [0.25, 0.3) is 5.91 Å². The second-order valence-corrected chi connectivity index (χ2v) is 5.56. The van der Waals surface area contributed by atoms with Crippen LogP contribution >= 0.6 is 0 Å². The Morgan fingerprint density at radius 3 is 2.68 bits per heavy atom. The maximum absolute atomic E-state index is 12.3. The molecule has 6 nitrogen and oxygen atoms in total. The van der Waals surface area contributed by atoms with Crippen molar-refractivity contribution >= 4 is 22.8 Å². The van der Waals surface area contributed by atoms with Crippen molar-refractivity contribution in [2.45, 2.75) is 32.7 Å². The lowest BCUT2D eigenvalue weighted by Gasteiger charge is -2.22. The SMILES string of the molecule is Cc1nc2ccc(C(=O)N[C@@H]3CCCNC3=O)cc2nc1C. The molecule has 2 amide bonds. The molecule has 1 aliphatic rings. The van der Waals surface area contributed by atoms with Gasteiger partial charge in [-0.25, -0.2) is 9.97 Å². The molecule has 1 aromatic heterocycles. The molecule has 0 spiro atoms. The van der Waals surface area contributed by atoms with E-state index in [1.54, 1.807) is 18.2 Å². The highest BCUT2D eigenvalue weighted by Crippen LogP contribution is 2.15. The maximum atomic E-state index is 12.3. The van der Waals surface area contributed by atoms with Crippen molar-refractivity contribution in [1.82, 2.24) is 20.6 Å². The summed E-state index contributed by atoms with van der Waals surface area (Å²) >= 11 is 0. The Morgan fingerprint density at radius 1 is 1.23 bits per heavy atom. The van der Waals surface area contributed by atoms with E-state index >= 15 is 0 Å². The molecule has 3 rings (SSSR count). The highest BCUT2D eigenvalue weighted by molar-refractivity contribution is 5.99. The number of carbonyl (C=O) groups is 2. The molecule has 1 fully saturated rings. The molecule has 0 aliphatic carbocycles. The van der Waals surface area contributed by atoms with Crippen LogP contribution in [-0.2, 0) is 4.79 Å². The lowest BCUT2D eigenvalue weighted by atomic mass is 10.1. The van der Waals surface area contributed by atoms with Crippen molar-refractivity contribution in [3.05, 3.63) is 35.2 Å². The van der Waals surface area contributed by atoms with Gasteiger partial charge in [0.2, 0.25) is 5.91 Å². The lowest BCUT2D eigenvalue weighted by molar-refractivity contribution is -0.124. The Kier molecular flexibility index (Phi) is 3.75. The fourth-order valence-electron chi connectivity index (χ4n) is 2.52. The third-order valence-electron chi connectivity index (χ3n) is 3.93. The van der Waals surface area contributed by atoms with Crippen molar-refractivity contribution < 1.29 is 9.59 Å². The smallest absolute Gasteiger partial charge is 0.252 e. The average Bonchev–Trinajstić information content (AvgIpc) is 2.50. The van der Waals surface area contributed by atoms with Crippen LogP contribution in [0.3, 0.4) is 0 Å². The second kappa shape index (κ2) is 5.71. The molecule has 6 heteroatoms. The number of rotatable bonds is 2. The Morgan fingerprint density at radius 2 is 1.95 bits per heavy atom. The predicted molar refractivity (Wildman–Crippen MR) is 82.5 cm³/mol. The summed E-state index contributed by atoms with van der Waals surface area (Å²) in [5.41, 5.74) is 3.66. The van der Waals surface area contributed by atoms with Gasteiger partial charge in [-0.05, 0) is 44.9 Å². The molecule has 1 aliphatic heterocycles. The van der Waals surface area contributed by atoms with Gasteiger partial charge < -0.3 is 10.6 Å². The van der Waals surface area contributed by atoms with Gasteiger partial charge in [0, 0.05) is 12.1 Å². The highest BCUT2D eigenvalue weighted by Gasteiger charge is 2.24. The fourth-order valence-corrected chi connectivity index (χ4v) is 2.52. The summed E-state index contributed by atoms with van der Waals surface area (Å²) in [6, 6.07) is 4.75. The Bertz CT molecular complexity index is 757. The minimum atomic E-state index is -0.456. The molecule has 0 unspecified atom stereocenters. The number of fused-ring (bicyclic) bond motifs is 1. The van der Waals surface area contributed by atoms with Gasteiger partial charge in [0.1, 0.15) is 6.04 Å². The van der Waals surface area contributed by atoms with E-state index in [1.165, 1.54) is 0 Å². The van der Waals surface area contributed by atoms with Crippen LogP contribution in [0.5, 0.6) is 0 Å². The van der Waals surface area contributed by atoms with Gasteiger partial charge in [0.15, 0.2) is 0 Å². The van der Waals surface area contributed by atoms with Crippen LogP contribution in [0.4, 0.5) is 0 Å². The quantitative estimate of drug-likeness (QED) is 0.874. The van der Waals surface area contributed by atoms with Crippen LogP contribution in [-0.4, -0.2) is 34.4 Å². The number of piperidine rings is 1. The molecule has 0 bridgehead atoms. The van der Waals surface area contributed by atoms with Gasteiger partial charge in [-0.1, -0.05) is 0 Å². The first-order valence-corrected chi connectivity index (χ1v) is 7.38. The van der Waals surface area contributed by atoms with Crippen molar-refractivity contribution in [3.8, 4) is 0 Å². The van der Waals surface area contributed by atoms with E-state index < -0.39 is 6.04 Å². The van der Waals surface area contributed by atoms with E-state index in [2.05, 4.69) is 20.6 Å². The van der Waals surface area contributed by atoms with Crippen molar-refractivity contribution in [1.29, 1.82) is 0 Å². The Balaban J connectivity index is 1.84. The molecule has 1 saturated heterocycles. The standard InChI is InChI=1S/C16H18N4O2/c1-9-10(2)19-14-8-11(5-6-12(14)18-9)15(21)20-13-4-3-7-17-16(13)22/h5-6,8,13H,3-4,7H2,1-2H3,(H,17,22)(H,20,21)/t13-/m1/s1. The normalized spacial score (nSPS) is 18.1. The largest absolute Gasteiger partial charge is 0.354 e. The summed E-state index contributed by atoms with van der Waals surface area (Å²) in [4.78, 5) is 32.9. The van der Waals surface area contributed by atoms with E-state index in [9.17, 15) is 9.59 Å². The van der Waals surface area contributed by atoms with Crippen LogP contribution in [0.1, 0.15) is 34.6 Å². The third kappa shape index (κ3) is 2.77. The first-order valence-electron chi connectivity index (χ1n) is 7.38. The number of carbonyl (C=O) groups excluding carboxylic acids is 2. The fraction of sp³-hybridized carbons (Fsp3) is 0.375. The van der Waals surface area contributed by atoms with E-state index in [0.717, 1.165) is 23.3 Å². The molecular formula is C16H18N4O2. The molecule has 0 radical (unpaired) electrons. The van der Waals surface area contributed by atoms with Crippen LogP contribution in [0.25, 0.3) is 11.0 Å². The number of aryl methyl sites for hydroxylation is 2. The zero-order valence-corrected chi connectivity index (χ0v) is 12.6. The van der Waals surface area contributed by atoms with E-state index in [-0.39, 0.29) is 11.8 Å². The van der Waals surface area contributed by atoms with E-state index in [0.29, 0.717) is 24.0 Å². The minimum Gasteiger partial charge on any atom is -0.354 e. The summed E-state index contributed by atoms with van der Waals surface area (Å²) < 4.78 is 0. The molecule has 1 aromatic carbocycles. The number of benzene rings is 1. The number of hydrogen-bond donors (Lipinski definition) is 2. The Labute approximate surface area is 128 Å². The summed E-state index contributed by atoms with van der Waals surface area (Å²) in [6.07, 6.45) is 1.54. The van der Waals surface area contributed by atoms with Crippen molar-refractivity contribution in [3.63, 3.8) is 0 Å². The topological polar surface area (TPSA) is 84.0 Å². The van der Waals surface area contributed by atoms with Gasteiger partial charge >= 0.3 is 0 Å². The lowest BCUT2D eigenvalue weighted by Crippen LogP contribution is -2.50. The van der Waals surface area contributed by atoms with Crippen LogP contribution in [0.2, 0.25) is 0 Å². The number of nitrogens with zero attached hydrogens (tertiary/aromatic N) is 2. The number of aromatic nitrogens is 2. The van der Waals surface area contributed by atoms with Crippen LogP contribution < -0.4 is 10.6 Å². The van der Waals surface area contributed by atoms with Crippen molar-refractivity contribution in [2.75, 3.05) is 6.54 Å². The summed E-state index contributed by atoms with van der Waals surface area (Å²) in [6.45, 7) is 4.47. The summed E-state index contributed by atoms with van der Waals surface area (Å²) in [5.74, 6) is -0.379. The first-order chi connectivity index (χ1) is 10.5. The van der Waals surface area contributed by atoms with E-state index in [4.69, 9.17) is 0 Å². The maximum Gasteiger partial charge on any atom is 0.252 e. The molecule has 1 atom stereocenters. The van der Waals surface area contributed by atoms with Gasteiger partial charge in [-0.15, -0.1) is 0 Å². The zero-order valence-electron chi connectivity index (χ0n) is 12.6. The Hall–Kier alpha value is -2.50. The molecule has 114 valence electrons. The summed E-state index contributed by atoms with van der Waals surface area (Å²) in [5, 5.41) is 5.53. The second-order valence-electron chi connectivity index (χ2n) is 5.56. The average molecular weight is 298 g/mol. The number of hydrogen-bond acceptors (Lipinski definition) is 4. The van der Waals surface area contributed by atoms with Crippen LogP contribution in [0.15, 0.2) is 18.2 Å². The van der Waals surface area contributed by atoms with Crippen molar-refractivity contribution in [2.24, 2.45) is 0 Å². The molecule has 2 N–H and O–H groups in total. The molecule has 0 saturated carbocycles. The number of nitrogens with one attached hydrogen (secondary N) is 2. The zero-order chi connectivity index (χ0) is 15.7. The molecule has 2 heterocycles. The number of amides is 2. The molecule has 22 heavy (non-hydrogen) atoms. The van der Waals surface area contributed by atoms with Crippen LogP contribution in [0, 0.1) is 13.8 Å². The molecule has 2 aromatic rings. The minimum absolute atomic E-state index is 0.119. The molecular weight excluding hydrogens is 280 g/mol. The first kappa shape index (κ1) is 14.4. The van der Waals surface area contributed by atoms with Gasteiger partial charge in [-0.3, -0.25) is 9.59 Å². The summed E-state index contributed by atoms with van der Waals surface area (Å²) in [7, 11) is 0.